The Bertz CT molecular complexity index is 215. The number of carbonyl (C=O) groups is 2. The largest absolute Gasteiger partial charge is 0.393 e. The number of ether oxygens (including phenoxy) is 1. The first-order chi connectivity index (χ1) is 6.49. The average molecular weight is 214 g/mol. The van der Waals surface area contributed by atoms with Crippen molar-refractivity contribution in [1.29, 1.82) is 0 Å². The van der Waals surface area contributed by atoms with Crippen molar-refractivity contribution >= 4 is 11.9 Å². The van der Waals surface area contributed by atoms with Gasteiger partial charge in [-0.15, -0.1) is 0 Å². The molecule has 0 heterocycles. The third kappa shape index (κ3) is 9.44. The van der Waals surface area contributed by atoms with Gasteiger partial charge in [-0.25, -0.2) is 0 Å². The summed E-state index contributed by atoms with van der Waals surface area (Å²) in [5, 5.41) is 0. The van der Waals surface area contributed by atoms with Gasteiger partial charge in [-0.05, 0) is 10.8 Å². The highest BCUT2D eigenvalue weighted by Crippen LogP contribution is 2.21. The monoisotopic (exact) mass is 214 g/mol. The van der Waals surface area contributed by atoms with Gasteiger partial charge in [0.15, 0.2) is 0 Å². The van der Waals surface area contributed by atoms with Crippen molar-refractivity contribution in [2.45, 2.75) is 54.4 Å². The first kappa shape index (κ1) is 14.1. The minimum atomic E-state index is -0.434. The number of esters is 2. The summed E-state index contributed by atoms with van der Waals surface area (Å²) in [6, 6.07) is 0. The lowest BCUT2D eigenvalue weighted by molar-refractivity contribution is -0.162. The molecule has 88 valence electrons. The van der Waals surface area contributed by atoms with Gasteiger partial charge in [0.25, 0.3) is 0 Å². The number of carbonyl (C=O) groups excluding carboxylic acids is 2. The zero-order chi connectivity index (χ0) is 12.3. The van der Waals surface area contributed by atoms with Gasteiger partial charge in [0.2, 0.25) is 0 Å². The topological polar surface area (TPSA) is 43.4 Å². The highest BCUT2D eigenvalue weighted by Gasteiger charge is 2.22. The molecule has 0 radical (unpaired) electrons. The molecular formula is C12H22O3. The minimum absolute atomic E-state index is 0.140. The van der Waals surface area contributed by atoms with Gasteiger partial charge in [-0.1, -0.05) is 41.5 Å². The lowest BCUT2D eigenvalue weighted by atomic mass is 9.92. The van der Waals surface area contributed by atoms with E-state index in [4.69, 9.17) is 4.74 Å². The molecule has 0 unspecified atom stereocenters. The first-order valence-electron chi connectivity index (χ1n) is 5.23. The van der Waals surface area contributed by atoms with Crippen LogP contribution in [0, 0.1) is 10.8 Å². The van der Waals surface area contributed by atoms with E-state index in [-0.39, 0.29) is 23.7 Å². The lowest BCUT2D eigenvalue weighted by Gasteiger charge is -2.18. The Morgan fingerprint density at radius 2 is 1.07 bits per heavy atom. The molecule has 0 atom stereocenters. The fraction of sp³-hybridized carbons (Fsp3) is 0.833. The van der Waals surface area contributed by atoms with Crippen LogP contribution < -0.4 is 0 Å². The third-order valence-electron chi connectivity index (χ3n) is 1.58. The maximum absolute atomic E-state index is 11.3. The van der Waals surface area contributed by atoms with E-state index in [9.17, 15) is 9.59 Å². The molecule has 15 heavy (non-hydrogen) atoms. The molecule has 0 N–H and O–H groups in total. The third-order valence-corrected chi connectivity index (χ3v) is 1.58. The van der Waals surface area contributed by atoms with Crippen LogP contribution in [0.1, 0.15) is 54.4 Å². The summed E-state index contributed by atoms with van der Waals surface area (Å²) in [5.74, 6) is -0.867. The van der Waals surface area contributed by atoms with Crippen molar-refractivity contribution in [1.82, 2.24) is 0 Å². The zero-order valence-corrected chi connectivity index (χ0v) is 10.6. The summed E-state index contributed by atoms with van der Waals surface area (Å²) >= 11 is 0. The highest BCUT2D eigenvalue weighted by molar-refractivity contribution is 5.85. The fourth-order valence-corrected chi connectivity index (χ4v) is 1.07. The molecule has 0 saturated carbocycles. The second-order valence-corrected chi connectivity index (χ2v) is 6.32. The molecule has 0 aromatic rings. The van der Waals surface area contributed by atoms with Crippen molar-refractivity contribution in [3.63, 3.8) is 0 Å². The van der Waals surface area contributed by atoms with E-state index in [0.29, 0.717) is 0 Å². The normalized spacial score (nSPS) is 12.4. The van der Waals surface area contributed by atoms with E-state index in [0.717, 1.165) is 0 Å². The van der Waals surface area contributed by atoms with E-state index >= 15 is 0 Å². The van der Waals surface area contributed by atoms with Crippen molar-refractivity contribution < 1.29 is 14.3 Å². The van der Waals surface area contributed by atoms with Crippen LogP contribution in [0.2, 0.25) is 0 Å². The summed E-state index contributed by atoms with van der Waals surface area (Å²) in [7, 11) is 0. The van der Waals surface area contributed by atoms with Crippen molar-refractivity contribution in [3.05, 3.63) is 0 Å². The molecule has 0 amide bonds. The molecule has 0 aliphatic rings. The molecule has 0 bridgehead atoms. The molecule has 0 aromatic heterocycles. The number of hydrogen-bond acceptors (Lipinski definition) is 3. The molecule has 0 aromatic carbocycles. The van der Waals surface area contributed by atoms with Crippen molar-refractivity contribution in [2.75, 3.05) is 0 Å². The Labute approximate surface area is 92.2 Å². The maximum Gasteiger partial charge on any atom is 0.313 e. The van der Waals surface area contributed by atoms with E-state index in [1.165, 1.54) is 0 Å². The molecule has 0 spiro atoms. The zero-order valence-electron chi connectivity index (χ0n) is 10.6. The SMILES string of the molecule is CC(C)(C)CC(=O)OC(=O)CC(C)(C)C. The van der Waals surface area contributed by atoms with Crippen LogP contribution in [0.3, 0.4) is 0 Å². The highest BCUT2D eigenvalue weighted by atomic mass is 16.6. The Balaban J connectivity index is 4.04. The van der Waals surface area contributed by atoms with Gasteiger partial charge in [-0.2, -0.15) is 0 Å². The Morgan fingerprint density at radius 1 is 0.800 bits per heavy atom. The summed E-state index contributed by atoms with van der Waals surface area (Å²) in [5.41, 5.74) is -0.280. The van der Waals surface area contributed by atoms with Gasteiger partial charge in [0.05, 0.1) is 12.8 Å². The predicted octanol–water partition coefficient (Wildman–Crippen LogP) is 2.93. The Kier molecular flexibility index (Phi) is 4.50. The number of rotatable bonds is 2. The van der Waals surface area contributed by atoms with Crippen molar-refractivity contribution in [2.24, 2.45) is 10.8 Å². The van der Waals surface area contributed by atoms with E-state index in [1.54, 1.807) is 0 Å². The quantitative estimate of drug-likeness (QED) is 0.524. The molecule has 3 heteroatoms. The van der Waals surface area contributed by atoms with E-state index < -0.39 is 11.9 Å². The Morgan fingerprint density at radius 3 is 1.27 bits per heavy atom. The molecule has 0 aliphatic carbocycles. The van der Waals surface area contributed by atoms with Crippen LogP contribution in [-0.2, 0) is 14.3 Å². The van der Waals surface area contributed by atoms with Gasteiger partial charge in [-0.3, -0.25) is 9.59 Å². The van der Waals surface area contributed by atoms with Crippen LogP contribution in [0.5, 0.6) is 0 Å². The lowest BCUT2D eigenvalue weighted by Crippen LogP contribution is -2.22. The molecule has 0 rings (SSSR count). The molecule has 0 saturated heterocycles. The van der Waals surface area contributed by atoms with Gasteiger partial charge < -0.3 is 4.74 Å². The van der Waals surface area contributed by atoms with Crippen LogP contribution >= 0.6 is 0 Å². The average Bonchev–Trinajstić information content (AvgIpc) is 1.73. The van der Waals surface area contributed by atoms with Gasteiger partial charge in [0.1, 0.15) is 0 Å². The minimum Gasteiger partial charge on any atom is -0.393 e. The van der Waals surface area contributed by atoms with E-state index in [1.807, 2.05) is 41.5 Å². The van der Waals surface area contributed by atoms with Crippen LogP contribution in [-0.4, -0.2) is 11.9 Å². The van der Waals surface area contributed by atoms with Crippen molar-refractivity contribution in [3.8, 4) is 0 Å². The van der Waals surface area contributed by atoms with Crippen LogP contribution in [0.4, 0.5) is 0 Å². The summed E-state index contributed by atoms with van der Waals surface area (Å²) in [6.07, 6.45) is 0.533. The summed E-state index contributed by atoms with van der Waals surface area (Å²) in [6.45, 7) is 11.6. The second-order valence-electron chi connectivity index (χ2n) is 6.32. The molecule has 3 nitrogen and oxygen atoms in total. The molecule has 0 fully saturated rings. The molecular weight excluding hydrogens is 192 g/mol. The van der Waals surface area contributed by atoms with Crippen LogP contribution in [0.25, 0.3) is 0 Å². The number of hydrogen-bond donors (Lipinski definition) is 0. The second kappa shape index (κ2) is 4.77. The molecule has 0 aliphatic heterocycles. The summed E-state index contributed by atoms with van der Waals surface area (Å²) in [4.78, 5) is 22.6. The fourth-order valence-electron chi connectivity index (χ4n) is 1.07. The van der Waals surface area contributed by atoms with Gasteiger partial charge in [0, 0.05) is 0 Å². The maximum atomic E-state index is 11.3. The van der Waals surface area contributed by atoms with E-state index in [2.05, 4.69) is 0 Å². The predicted molar refractivity (Wildman–Crippen MR) is 59.2 cm³/mol. The first-order valence-corrected chi connectivity index (χ1v) is 5.23. The Hall–Kier alpha value is -0.860. The summed E-state index contributed by atoms with van der Waals surface area (Å²) < 4.78 is 4.72. The van der Waals surface area contributed by atoms with Gasteiger partial charge >= 0.3 is 11.9 Å². The smallest absolute Gasteiger partial charge is 0.313 e. The standard InChI is InChI=1S/C12H22O3/c1-11(2,3)7-9(13)15-10(14)8-12(4,5)6/h7-8H2,1-6H3. The van der Waals surface area contributed by atoms with Crippen LogP contribution in [0.15, 0.2) is 0 Å².